The number of aliphatic imine (C=N–C) groups is 1. The number of imidazole rings is 1. The van der Waals surface area contributed by atoms with Gasteiger partial charge < -0.3 is 4.98 Å². The quantitative estimate of drug-likeness (QED) is 0.800. The zero-order valence-electron chi connectivity index (χ0n) is 9.32. The smallest absolute Gasteiger partial charge is 0.227 e. The highest BCUT2D eigenvalue weighted by atomic mass is 16.1. The van der Waals surface area contributed by atoms with Gasteiger partial charge in [-0.1, -0.05) is 12.1 Å². The molecule has 0 unspecified atom stereocenters. The van der Waals surface area contributed by atoms with Gasteiger partial charge in [-0.2, -0.15) is 0 Å². The SMILES string of the molecule is CC(=O)CC(C)=Nc1nc2ccccc2[nH]1. The molecule has 0 spiro atoms. The van der Waals surface area contributed by atoms with Gasteiger partial charge in [0, 0.05) is 12.1 Å². The zero-order chi connectivity index (χ0) is 11.5. The van der Waals surface area contributed by atoms with E-state index in [1.165, 1.54) is 0 Å². The van der Waals surface area contributed by atoms with E-state index < -0.39 is 0 Å². The maximum absolute atomic E-state index is 10.9. The third kappa shape index (κ3) is 2.34. The molecule has 4 heteroatoms. The third-order valence-corrected chi connectivity index (χ3v) is 2.18. The number of H-pyrrole nitrogens is 1. The van der Waals surface area contributed by atoms with Crippen LogP contribution in [-0.4, -0.2) is 21.5 Å². The second-order valence-corrected chi connectivity index (χ2v) is 3.80. The van der Waals surface area contributed by atoms with Crippen molar-refractivity contribution in [3.8, 4) is 0 Å². The van der Waals surface area contributed by atoms with Gasteiger partial charge in [-0.25, -0.2) is 9.98 Å². The fourth-order valence-corrected chi connectivity index (χ4v) is 1.57. The summed E-state index contributed by atoms with van der Waals surface area (Å²) in [4.78, 5) is 22.6. The van der Waals surface area contributed by atoms with Gasteiger partial charge in [-0.3, -0.25) is 4.79 Å². The third-order valence-electron chi connectivity index (χ3n) is 2.18. The number of carbonyl (C=O) groups excluding carboxylic acids is 1. The van der Waals surface area contributed by atoms with Crippen LogP contribution in [0.5, 0.6) is 0 Å². The molecule has 1 heterocycles. The van der Waals surface area contributed by atoms with E-state index >= 15 is 0 Å². The van der Waals surface area contributed by atoms with Crippen molar-refractivity contribution < 1.29 is 4.79 Å². The molecule has 0 radical (unpaired) electrons. The minimum Gasteiger partial charge on any atom is -0.322 e. The zero-order valence-corrected chi connectivity index (χ0v) is 9.32. The Hall–Kier alpha value is -1.97. The average molecular weight is 215 g/mol. The van der Waals surface area contributed by atoms with E-state index in [1.54, 1.807) is 6.92 Å². The molecule has 16 heavy (non-hydrogen) atoms. The molecule has 0 bridgehead atoms. The predicted molar refractivity (Wildman–Crippen MR) is 64.2 cm³/mol. The lowest BCUT2D eigenvalue weighted by molar-refractivity contribution is -0.115. The number of aromatic amines is 1. The summed E-state index contributed by atoms with van der Waals surface area (Å²) in [5.74, 6) is 0.664. The van der Waals surface area contributed by atoms with Crippen molar-refractivity contribution in [1.29, 1.82) is 0 Å². The van der Waals surface area contributed by atoms with Crippen LogP contribution in [0, 0.1) is 0 Å². The number of fused-ring (bicyclic) bond motifs is 1. The first-order valence-corrected chi connectivity index (χ1v) is 5.13. The number of carbonyl (C=O) groups is 1. The summed E-state index contributed by atoms with van der Waals surface area (Å²) >= 11 is 0. The molecule has 0 amide bonds. The van der Waals surface area contributed by atoms with Gasteiger partial charge in [0.25, 0.3) is 0 Å². The van der Waals surface area contributed by atoms with Crippen LogP contribution in [0.3, 0.4) is 0 Å². The van der Waals surface area contributed by atoms with E-state index in [9.17, 15) is 4.79 Å². The van der Waals surface area contributed by atoms with E-state index in [-0.39, 0.29) is 5.78 Å². The molecular formula is C12H13N3O. The molecule has 2 aromatic rings. The summed E-state index contributed by atoms with van der Waals surface area (Å²) < 4.78 is 0. The summed E-state index contributed by atoms with van der Waals surface area (Å²) in [5.41, 5.74) is 2.61. The Morgan fingerprint density at radius 1 is 1.38 bits per heavy atom. The van der Waals surface area contributed by atoms with E-state index in [0.29, 0.717) is 12.4 Å². The summed E-state index contributed by atoms with van der Waals surface area (Å²) in [5, 5.41) is 0. The van der Waals surface area contributed by atoms with Crippen molar-refractivity contribution in [1.82, 2.24) is 9.97 Å². The molecule has 0 fully saturated rings. The topological polar surface area (TPSA) is 58.1 Å². The molecule has 2 rings (SSSR count). The Morgan fingerprint density at radius 3 is 2.81 bits per heavy atom. The lowest BCUT2D eigenvalue weighted by atomic mass is 10.2. The largest absolute Gasteiger partial charge is 0.322 e. The lowest BCUT2D eigenvalue weighted by Gasteiger charge is -1.93. The Balaban J connectivity index is 2.30. The highest BCUT2D eigenvalue weighted by molar-refractivity contribution is 6.00. The standard InChI is InChI=1S/C12H13N3O/c1-8(7-9(2)16)13-12-14-10-5-3-4-6-11(10)15-12/h3-6H,7H2,1-2H3,(H,14,15). The van der Waals surface area contributed by atoms with Crippen LogP contribution in [0.4, 0.5) is 5.95 Å². The Bertz CT molecular complexity index is 521. The van der Waals surface area contributed by atoms with Crippen molar-refractivity contribution in [2.75, 3.05) is 0 Å². The van der Waals surface area contributed by atoms with E-state index in [1.807, 2.05) is 31.2 Å². The van der Waals surface area contributed by atoms with Crippen LogP contribution in [0.15, 0.2) is 29.3 Å². The molecular weight excluding hydrogens is 202 g/mol. The number of rotatable bonds is 3. The fourth-order valence-electron chi connectivity index (χ4n) is 1.57. The molecule has 0 aliphatic heterocycles. The monoisotopic (exact) mass is 215 g/mol. The second kappa shape index (κ2) is 4.26. The molecule has 0 aliphatic rings. The number of para-hydroxylation sites is 2. The Morgan fingerprint density at radius 2 is 2.12 bits per heavy atom. The summed E-state index contributed by atoms with van der Waals surface area (Å²) in [6.07, 6.45) is 0.372. The molecule has 0 saturated heterocycles. The number of Topliss-reactive ketones (excluding diaryl/α,β-unsaturated/α-hetero) is 1. The molecule has 1 aromatic carbocycles. The van der Waals surface area contributed by atoms with Crippen LogP contribution in [-0.2, 0) is 4.79 Å². The fraction of sp³-hybridized carbons (Fsp3) is 0.250. The van der Waals surface area contributed by atoms with Gasteiger partial charge in [-0.15, -0.1) is 0 Å². The van der Waals surface area contributed by atoms with E-state index in [0.717, 1.165) is 16.7 Å². The number of nitrogens with one attached hydrogen (secondary N) is 1. The van der Waals surface area contributed by atoms with Crippen LogP contribution in [0.25, 0.3) is 11.0 Å². The minimum absolute atomic E-state index is 0.109. The van der Waals surface area contributed by atoms with E-state index in [4.69, 9.17) is 0 Å². The number of hydrogen-bond donors (Lipinski definition) is 1. The normalized spacial score (nSPS) is 12.0. The van der Waals surface area contributed by atoms with Gasteiger partial charge in [0.1, 0.15) is 5.78 Å². The summed E-state index contributed by atoms with van der Waals surface area (Å²) in [6.45, 7) is 3.38. The lowest BCUT2D eigenvalue weighted by Crippen LogP contribution is -1.99. The van der Waals surface area contributed by atoms with Crippen LogP contribution in [0.1, 0.15) is 20.3 Å². The van der Waals surface area contributed by atoms with Crippen molar-refractivity contribution >= 4 is 28.5 Å². The average Bonchev–Trinajstić information content (AvgIpc) is 2.57. The molecule has 1 aromatic heterocycles. The maximum atomic E-state index is 10.9. The predicted octanol–water partition coefficient (Wildman–Crippen LogP) is 2.63. The van der Waals surface area contributed by atoms with Gasteiger partial charge in [0.15, 0.2) is 0 Å². The van der Waals surface area contributed by atoms with Crippen molar-refractivity contribution in [3.63, 3.8) is 0 Å². The van der Waals surface area contributed by atoms with Crippen LogP contribution in [0.2, 0.25) is 0 Å². The van der Waals surface area contributed by atoms with Gasteiger partial charge in [-0.05, 0) is 26.0 Å². The molecule has 82 valence electrons. The van der Waals surface area contributed by atoms with Crippen LogP contribution >= 0.6 is 0 Å². The first-order chi connectivity index (χ1) is 7.65. The molecule has 1 N–H and O–H groups in total. The number of nitrogens with zero attached hydrogens (tertiary/aromatic N) is 2. The first-order valence-electron chi connectivity index (χ1n) is 5.13. The van der Waals surface area contributed by atoms with Gasteiger partial charge >= 0.3 is 0 Å². The molecule has 0 saturated carbocycles. The minimum atomic E-state index is 0.109. The highest BCUT2D eigenvalue weighted by Crippen LogP contribution is 2.15. The summed E-state index contributed by atoms with van der Waals surface area (Å²) in [6, 6.07) is 7.74. The van der Waals surface area contributed by atoms with Crippen LogP contribution < -0.4 is 0 Å². The van der Waals surface area contributed by atoms with Gasteiger partial charge in [0.05, 0.1) is 11.0 Å². The second-order valence-electron chi connectivity index (χ2n) is 3.80. The number of aromatic nitrogens is 2. The number of ketones is 1. The molecule has 4 nitrogen and oxygen atoms in total. The Kier molecular flexibility index (Phi) is 2.81. The first kappa shape index (κ1) is 10.5. The van der Waals surface area contributed by atoms with Crippen molar-refractivity contribution in [2.24, 2.45) is 4.99 Å². The molecule has 0 atom stereocenters. The van der Waals surface area contributed by atoms with E-state index in [2.05, 4.69) is 15.0 Å². The summed E-state index contributed by atoms with van der Waals surface area (Å²) in [7, 11) is 0. The van der Waals surface area contributed by atoms with Crippen molar-refractivity contribution in [3.05, 3.63) is 24.3 Å². The molecule has 0 aliphatic carbocycles. The Labute approximate surface area is 93.4 Å². The number of benzene rings is 1. The maximum Gasteiger partial charge on any atom is 0.227 e. The highest BCUT2D eigenvalue weighted by Gasteiger charge is 2.02. The van der Waals surface area contributed by atoms with Gasteiger partial charge in [0.2, 0.25) is 5.95 Å². The van der Waals surface area contributed by atoms with Crippen molar-refractivity contribution in [2.45, 2.75) is 20.3 Å². The number of hydrogen-bond acceptors (Lipinski definition) is 3.